The Labute approximate surface area is 90.2 Å². The zero-order valence-corrected chi connectivity index (χ0v) is 9.82. The van der Waals surface area contributed by atoms with Gasteiger partial charge in [-0.25, -0.2) is 0 Å². The van der Waals surface area contributed by atoms with E-state index in [0.29, 0.717) is 0 Å². The minimum atomic E-state index is -0.550. The number of nitrogens with one attached hydrogen (secondary N) is 1. The smallest absolute Gasteiger partial charge is 0.240 e. The fourth-order valence-corrected chi connectivity index (χ4v) is 2.30. The molecule has 0 aliphatic heterocycles. The quantitative estimate of drug-likeness (QED) is 0.724. The Morgan fingerprint density at radius 3 is 2.64 bits per heavy atom. The van der Waals surface area contributed by atoms with E-state index in [1.54, 1.807) is 11.8 Å². The van der Waals surface area contributed by atoms with Gasteiger partial charge in [-0.3, -0.25) is 4.79 Å². The van der Waals surface area contributed by atoms with Crippen LogP contribution in [-0.4, -0.2) is 29.5 Å². The second-order valence-electron chi connectivity index (χ2n) is 4.04. The Hall–Kier alpha value is -0.220. The zero-order valence-electron chi connectivity index (χ0n) is 9.01. The van der Waals surface area contributed by atoms with Crippen LogP contribution in [0.1, 0.15) is 32.6 Å². The van der Waals surface area contributed by atoms with Gasteiger partial charge in [0, 0.05) is 11.8 Å². The lowest BCUT2D eigenvalue weighted by atomic mass is 9.77. The lowest BCUT2D eigenvalue weighted by Crippen LogP contribution is -2.60. The lowest BCUT2D eigenvalue weighted by Gasteiger charge is -2.37. The molecule has 3 N–H and O–H groups in total. The summed E-state index contributed by atoms with van der Waals surface area (Å²) < 4.78 is 0. The monoisotopic (exact) mass is 216 g/mol. The molecule has 1 amide bonds. The summed E-state index contributed by atoms with van der Waals surface area (Å²) in [6.45, 7) is 2.09. The Morgan fingerprint density at radius 1 is 1.64 bits per heavy atom. The minimum absolute atomic E-state index is 0.0460. The first-order chi connectivity index (χ1) is 6.62. The Balaban J connectivity index is 2.37. The first-order valence-corrected chi connectivity index (χ1v) is 6.60. The van der Waals surface area contributed by atoms with Crippen molar-refractivity contribution in [1.29, 1.82) is 0 Å². The second kappa shape index (κ2) is 5.03. The van der Waals surface area contributed by atoms with Crippen molar-refractivity contribution in [3.05, 3.63) is 0 Å². The molecule has 0 radical (unpaired) electrons. The predicted molar refractivity (Wildman–Crippen MR) is 61.4 cm³/mol. The third-order valence-electron chi connectivity index (χ3n) is 2.89. The molecule has 1 atom stereocenters. The van der Waals surface area contributed by atoms with Crippen LogP contribution in [0.4, 0.5) is 0 Å². The molecule has 1 unspecified atom stereocenters. The number of hydrogen-bond acceptors (Lipinski definition) is 3. The minimum Gasteiger partial charge on any atom is -0.351 e. The maximum Gasteiger partial charge on any atom is 0.240 e. The van der Waals surface area contributed by atoms with E-state index in [4.69, 9.17) is 5.73 Å². The van der Waals surface area contributed by atoms with Crippen molar-refractivity contribution in [2.75, 3.05) is 12.0 Å². The van der Waals surface area contributed by atoms with Crippen molar-refractivity contribution >= 4 is 17.7 Å². The van der Waals surface area contributed by atoms with Gasteiger partial charge in [0.15, 0.2) is 0 Å². The van der Waals surface area contributed by atoms with Crippen LogP contribution >= 0.6 is 11.8 Å². The number of carbonyl (C=O) groups is 1. The van der Waals surface area contributed by atoms with Crippen LogP contribution in [0.3, 0.4) is 0 Å². The molecule has 0 saturated heterocycles. The van der Waals surface area contributed by atoms with Gasteiger partial charge >= 0.3 is 0 Å². The van der Waals surface area contributed by atoms with Gasteiger partial charge in [0.2, 0.25) is 5.91 Å². The van der Waals surface area contributed by atoms with Crippen LogP contribution in [0.15, 0.2) is 0 Å². The van der Waals surface area contributed by atoms with Gasteiger partial charge < -0.3 is 11.1 Å². The van der Waals surface area contributed by atoms with Crippen molar-refractivity contribution in [2.45, 2.75) is 44.2 Å². The van der Waals surface area contributed by atoms with E-state index in [0.717, 1.165) is 31.4 Å². The van der Waals surface area contributed by atoms with Gasteiger partial charge in [-0.15, -0.1) is 0 Å². The average molecular weight is 216 g/mol. The van der Waals surface area contributed by atoms with Gasteiger partial charge in [-0.2, -0.15) is 11.8 Å². The molecule has 0 aromatic heterocycles. The summed E-state index contributed by atoms with van der Waals surface area (Å²) in [5.74, 6) is 1.02. The number of rotatable bonds is 5. The first kappa shape index (κ1) is 11.9. The largest absolute Gasteiger partial charge is 0.351 e. The summed E-state index contributed by atoms with van der Waals surface area (Å²) in [5.41, 5.74) is 5.38. The van der Waals surface area contributed by atoms with Crippen molar-refractivity contribution in [3.63, 3.8) is 0 Å². The summed E-state index contributed by atoms with van der Waals surface area (Å²) in [6.07, 6.45) is 5.80. The molecular formula is C10H20N2OS. The van der Waals surface area contributed by atoms with Crippen LogP contribution in [0.5, 0.6) is 0 Å². The topological polar surface area (TPSA) is 55.1 Å². The van der Waals surface area contributed by atoms with Crippen LogP contribution in [0.25, 0.3) is 0 Å². The average Bonchev–Trinajstić information content (AvgIpc) is 2.13. The summed E-state index contributed by atoms with van der Waals surface area (Å²) in [4.78, 5) is 11.7. The van der Waals surface area contributed by atoms with Crippen LogP contribution in [0.2, 0.25) is 0 Å². The fraction of sp³-hybridized carbons (Fsp3) is 0.900. The van der Waals surface area contributed by atoms with E-state index >= 15 is 0 Å². The van der Waals surface area contributed by atoms with Crippen molar-refractivity contribution in [3.8, 4) is 0 Å². The molecule has 4 heteroatoms. The van der Waals surface area contributed by atoms with Gasteiger partial charge in [0.25, 0.3) is 0 Å². The van der Waals surface area contributed by atoms with Crippen molar-refractivity contribution < 1.29 is 4.79 Å². The van der Waals surface area contributed by atoms with Gasteiger partial charge in [-0.05, 0) is 31.9 Å². The Morgan fingerprint density at radius 2 is 2.29 bits per heavy atom. The standard InChI is InChI=1S/C10H20N2OS/c1-3-8(7-14-2)12-9(13)10(11)5-4-6-10/h8H,3-7,11H2,1-2H3,(H,12,13). The number of nitrogens with two attached hydrogens (primary N) is 1. The van der Waals surface area contributed by atoms with E-state index < -0.39 is 5.54 Å². The third kappa shape index (κ3) is 2.64. The van der Waals surface area contributed by atoms with Gasteiger partial charge in [-0.1, -0.05) is 6.92 Å². The summed E-state index contributed by atoms with van der Waals surface area (Å²) >= 11 is 1.76. The van der Waals surface area contributed by atoms with E-state index in [-0.39, 0.29) is 11.9 Å². The maximum atomic E-state index is 11.7. The molecule has 3 nitrogen and oxygen atoms in total. The number of thioether (sulfide) groups is 1. The molecule has 1 aliphatic rings. The normalized spacial score (nSPS) is 21.1. The third-order valence-corrected chi connectivity index (χ3v) is 3.63. The molecule has 0 heterocycles. The predicted octanol–water partition coefficient (Wildman–Crippen LogP) is 1.13. The molecule has 14 heavy (non-hydrogen) atoms. The van der Waals surface area contributed by atoms with Crippen molar-refractivity contribution in [2.24, 2.45) is 5.73 Å². The van der Waals surface area contributed by atoms with Gasteiger partial charge in [0.05, 0.1) is 5.54 Å². The number of amides is 1. The SMILES string of the molecule is CCC(CSC)NC(=O)C1(N)CCC1. The molecule has 82 valence electrons. The van der Waals surface area contributed by atoms with E-state index in [1.165, 1.54) is 0 Å². The molecule has 1 fully saturated rings. The summed E-state index contributed by atoms with van der Waals surface area (Å²) in [5, 5.41) is 3.03. The Kier molecular flexibility index (Phi) is 4.26. The number of hydrogen-bond donors (Lipinski definition) is 2. The van der Waals surface area contributed by atoms with Crippen LogP contribution < -0.4 is 11.1 Å². The van der Waals surface area contributed by atoms with E-state index in [1.807, 2.05) is 0 Å². The van der Waals surface area contributed by atoms with Crippen molar-refractivity contribution in [1.82, 2.24) is 5.32 Å². The van der Waals surface area contributed by atoms with E-state index in [9.17, 15) is 4.79 Å². The molecule has 0 aromatic rings. The highest BCUT2D eigenvalue weighted by Crippen LogP contribution is 2.29. The maximum absolute atomic E-state index is 11.7. The van der Waals surface area contributed by atoms with Crippen LogP contribution in [0, 0.1) is 0 Å². The molecule has 1 aliphatic carbocycles. The highest BCUT2D eigenvalue weighted by molar-refractivity contribution is 7.98. The molecular weight excluding hydrogens is 196 g/mol. The number of carbonyl (C=O) groups excluding carboxylic acids is 1. The molecule has 0 spiro atoms. The zero-order chi connectivity index (χ0) is 10.6. The lowest BCUT2D eigenvalue weighted by molar-refractivity contribution is -0.129. The van der Waals surface area contributed by atoms with E-state index in [2.05, 4.69) is 18.5 Å². The fourth-order valence-electron chi connectivity index (χ4n) is 1.58. The van der Waals surface area contributed by atoms with Gasteiger partial charge in [0.1, 0.15) is 0 Å². The molecule has 1 saturated carbocycles. The summed E-state index contributed by atoms with van der Waals surface area (Å²) in [7, 11) is 0. The first-order valence-electron chi connectivity index (χ1n) is 5.21. The highest BCUT2D eigenvalue weighted by atomic mass is 32.2. The summed E-state index contributed by atoms with van der Waals surface area (Å²) in [6, 6.07) is 0.276. The Bertz CT molecular complexity index is 204. The second-order valence-corrected chi connectivity index (χ2v) is 4.95. The highest BCUT2D eigenvalue weighted by Gasteiger charge is 2.40. The molecule has 1 rings (SSSR count). The molecule has 0 aromatic carbocycles. The van der Waals surface area contributed by atoms with Crippen LogP contribution in [-0.2, 0) is 4.79 Å². The molecule has 0 bridgehead atoms.